The summed E-state index contributed by atoms with van der Waals surface area (Å²) in [5, 5.41) is 8.41. The summed E-state index contributed by atoms with van der Waals surface area (Å²) in [5.41, 5.74) is 0. The van der Waals surface area contributed by atoms with E-state index in [-0.39, 0.29) is 6.61 Å². The number of aliphatic hydroxyl groups is 1. The maximum atomic E-state index is 8.41. The van der Waals surface area contributed by atoms with Gasteiger partial charge in [0.1, 0.15) is 0 Å². The van der Waals surface area contributed by atoms with Gasteiger partial charge in [-0.2, -0.15) is 0 Å². The Balaban J connectivity index is 2.06. The average Bonchev–Trinajstić information content (AvgIpc) is 2.41. The Hall–Kier alpha value is -0.340. The summed E-state index contributed by atoms with van der Waals surface area (Å²) in [6.45, 7) is 1.06. The molecule has 0 amide bonds. The van der Waals surface area contributed by atoms with Crippen molar-refractivity contribution in [2.75, 3.05) is 13.2 Å². The first-order chi connectivity index (χ1) is 4.93. The Morgan fingerprint density at radius 2 is 2.40 bits per heavy atom. The molecule has 1 unspecified atom stereocenters. The van der Waals surface area contributed by atoms with Crippen LogP contribution in [0.15, 0.2) is 12.2 Å². The smallest absolute Gasteiger partial charge is 0.0612 e. The summed E-state index contributed by atoms with van der Waals surface area (Å²) in [4.78, 5) is 0. The molecular weight excluding hydrogens is 128 g/mol. The zero-order chi connectivity index (χ0) is 7.23. The maximum Gasteiger partial charge on any atom is 0.0612 e. The molecule has 1 atom stereocenters. The van der Waals surface area contributed by atoms with Crippen molar-refractivity contribution in [2.24, 2.45) is 0 Å². The molecule has 2 nitrogen and oxygen atoms in total. The largest absolute Gasteiger partial charge is 0.392 e. The monoisotopic (exact) mass is 142 g/mol. The third-order valence-corrected chi connectivity index (χ3v) is 1.70. The van der Waals surface area contributed by atoms with Gasteiger partial charge in [-0.25, -0.2) is 0 Å². The van der Waals surface area contributed by atoms with Gasteiger partial charge >= 0.3 is 0 Å². The second kappa shape index (κ2) is 4.47. The van der Waals surface area contributed by atoms with Gasteiger partial charge in [0.2, 0.25) is 0 Å². The molecule has 1 aliphatic rings. The van der Waals surface area contributed by atoms with Crippen molar-refractivity contribution in [3.63, 3.8) is 0 Å². The summed E-state index contributed by atoms with van der Waals surface area (Å²) in [5.74, 6) is 0. The third-order valence-electron chi connectivity index (χ3n) is 1.70. The van der Waals surface area contributed by atoms with Crippen LogP contribution in [-0.4, -0.2) is 24.4 Å². The summed E-state index contributed by atoms with van der Waals surface area (Å²) >= 11 is 0. The van der Waals surface area contributed by atoms with Crippen LogP contribution in [0.1, 0.15) is 19.3 Å². The topological polar surface area (TPSA) is 29.5 Å². The van der Waals surface area contributed by atoms with Gasteiger partial charge in [-0.05, 0) is 19.3 Å². The van der Waals surface area contributed by atoms with Gasteiger partial charge in [-0.15, -0.1) is 0 Å². The van der Waals surface area contributed by atoms with Crippen molar-refractivity contribution < 1.29 is 9.84 Å². The van der Waals surface area contributed by atoms with Gasteiger partial charge < -0.3 is 9.84 Å². The number of hydrogen-bond donors (Lipinski definition) is 1. The van der Waals surface area contributed by atoms with Gasteiger partial charge in [-0.3, -0.25) is 0 Å². The molecule has 0 aromatic heterocycles. The summed E-state index contributed by atoms with van der Waals surface area (Å²) in [6.07, 6.45) is 7.49. The standard InChI is InChI=1S/C8H14O2/c9-6-2-1-4-8-5-3-7-10-8/h1-2,8-9H,3-7H2. The van der Waals surface area contributed by atoms with Crippen LogP contribution < -0.4 is 0 Å². The summed E-state index contributed by atoms with van der Waals surface area (Å²) in [6, 6.07) is 0. The highest BCUT2D eigenvalue weighted by molar-refractivity contribution is 4.84. The fraction of sp³-hybridized carbons (Fsp3) is 0.750. The Kier molecular flexibility index (Phi) is 3.47. The molecule has 1 N–H and O–H groups in total. The van der Waals surface area contributed by atoms with Crippen molar-refractivity contribution in [1.29, 1.82) is 0 Å². The fourth-order valence-corrected chi connectivity index (χ4v) is 1.15. The lowest BCUT2D eigenvalue weighted by Gasteiger charge is -2.03. The van der Waals surface area contributed by atoms with Crippen molar-refractivity contribution in [3.8, 4) is 0 Å². The highest BCUT2D eigenvalue weighted by Crippen LogP contribution is 2.15. The number of aliphatic hydroxyl groups excluding tert-OH is 1. The van der Waals surface area contributed by atoms with Crippen LogP contribution in [0.3, 0.4) is 0 Å². The molecule has 1 heterocycles. The normalized spacial score (nSPS) is 26.3. The van der Waals surface area contributed by atoms with Crippen LogP contribution in [-0.2, 0) is 4.74 Å². The summed E-state index contributed by atoms with van der Waals surface area (Å²) < 4.78 is 5.37. The minimum Gasteiger partial charge on any atom is -0.392 e. The molecule has 0 aliphatic carbocycles. The molecule has 58 valence electrons. The molecule has 1 fully saturated rings. The Morgan fingerprint density at radius 3 is 3.00 bits per heavy atom. The van der Waals surface area contributed by atoms with Gasteiger partial charge in [0.05, 0.1) is 12.7 Å². The van der Waals surface area contributed by atoms with Gasteiger partial charge in [0, 0.05) is 6.61 Å². The molecule has 1 rings (SSSR count). The van der Waals surface area contributed by atoms with Crippen LogP contribution in [0.25, 0.3) is 0 Å². The molecule has 0 saturated carbocycles. The molecular formula is C8H14O2. The quantitative estimate of drug-likeness (QED) is 0.598. The van der Waals surface area contributed by atoms with Crippen molar-refractivity contribution in [1.82, 2.24) is 0 Å². The minimum absolute atomic E-state index is 0.146. The Bertz CT molecular complexity index is 104. The first-order valence-corrected chi connectivity index (χ1v) is 3.81. The van der Waals surface area contributed by atoms with Crippen molar-refractivity contribution in [3.05, 3.63) is 12.2 Å². The average molecular weight is 142 g/mol. The first kappa shape index (κ1) is 7.76. The van der Waals surface area contributed by atoms with Gasteiger partial charge in [0.25, 0.3) is 0 Å². The zero-order valence-corrected chi connectivity index (χ0v) is 6.12. The number of hydrogen-bond acceptors (Lipinski definition) is 2. The second-order valence-electron chi connectivity index (χ2n) is 2.52. The van der Waals surface area contributed by atoms with Crippen LogP contribution >= 0.6 is 0 Å². The van der Waals surface area contributed by atoms with Crippen LogP contribution in [0.5, 0.6) is 0 Å². The third kappa shape index (κ3) is 2.50. The van der Waals surface area contributed by atoms with Gasteiger partial charge in [0.15, 0.2) is 0 Å². The van der Waals surface area contributed by atoms with E-state index in [2.05, 4.69) is 0 Å². The Morgan fingerprint density at radius 1 is 1.50 bits per heavy atom. The molecule has 0 aromatic carbocycles. The van der Waals surface area contributed by atoms with E-state index in [0.29, 0.717) is 6.10 Å². The molecule has 1 saturated heterocycles. The highest BCUT2D eigenvalue weighted by atomic mass is 16.5. The number of ether oxygens (including phenoxy) is 1. The van der Waals surface area contributed by atoms with E-state index >= 15 is 0 Å². The first-order valence-electron chi connectivity index (χ1n) is 3.81. The van der Waals surface area contributed by atoms with E-state index < -0.39 is 0 Å². The molecule has 0 aromatic rings. The second-order valence-corrected chi connectivity index (χ2v) is 2.52. The van der Waals surface area contributed by atoms with Crippen LogP contribution in [0, 0.1) is 0 Å². The highest BCUT2D eigenvalue weighted by Gasteiger charge is 2.12. The predicted molar refractivity (Wildman–Crippen MR) is 39.8 cm³/mol. The lowest BCUT2D eigenvalue weighted by Crippen LogP contribution is -2.01. The minimum atomic E-state index is 0.146. The van der Waals surface area contributed by atoms with E-state index in [1.54, 1.807) is 6.08 Å². The molecule has 2 heteroatoms. The molecule has 0 spiro atoms. The van der Waals surface area contributed by atoms with E-state index in [1.165, 1.54) is 12.8 Å². The lowest BCUT2D eigenvalue weighted by molar-refractivity contribution is 0.113. The van der Waals surface area contributed by atoms with E-state index in [0.717, 1.165) is 13.0 Å². The predicted octanol–water partition coefficient (Wildman–Crippen LogP) is 1.10. The SMILES string of the molecule is OCC=CCC1CCCO1. The van der Waals surface area contributed by atoms with Crippen molar-refractivity contribution >= 4 is 0 Å². The van der Waals surface area contributed by atoms with Crippen molar-refractivity contribution in [2.45, 2.75) is 25.4 Å². The fourth-order valence-electron chi connectivity index (χ4n) is 1.15. The zero-order valence-electron chi connectivity index (χ0n) is 6.12. The summed E-state index contributed by atoms with van der Waals surface area (Å²) in [7, 11) is 0. The lowest BCUT2D eigenvalue weighted by atomic mass is 10.2. The van der Waals surface area contributed by atoms with Gasteiger partial charge in [-0.1, -0.05) is 12.2 Å². The van der Waals surface area contributed by atoms with Crippen LogP contribution in [0.2, 0.25) is 0 Å². The number of rotatable bonds is 3. The molecule has 0 radical (unpaired) electrons. The van der Waals surface area contributed by atoms with Crippen LogP contribution in [0.4, 0.5) is 0 Å². The molecule has 0 bridgehead atoms. The Labute approximate surface area is 61.5 Å². The van der Waals surface area contributed by atoms with E-state index in [9.17, 15) is 0 Å². The molecule has 1 aliphatic heterocycles. The van der Waals surface area contributed by atoms with E-state index in [1.807, 2.05) is 6.08 Å². The molecule has 10 heavy (non-hydrogen) atoms. The van der Waals surface area contributed by atoms with E-state index in [4.69, 9.17) is 9.84 Å². The maximum absolute atomic E-state index is 8.41.